The summed E-state index contributed by atoms with van der Waals surface area (Å²) in [5, 5.41) is 9.06. The van der Waals surface area contributed by atoms with Crippen molar-refractivity contribution in [2.75, 3.05) is 13.6 Å². The molecular weight excluding hydrogens is 218 g/mol. The second-order valence-corrected chi connectivity index (χ2v) is 4.95. The molecule has 4 heteroatoms. The molecule has 1 saturated carbocycles. The third kappa shape index (κ3) is 3.72. The van der Waals surface area contributed by atoms with Crippen LogP contribution in [0.4, 0.5) is 0 Å². The second-order valence-electron chi connectivity index (χ2n) is 4.95. The van der Waals surface area contributed by atoms with Crippen molar-refractivity contribution in [3.8, 4) is 0 Å². The number of carbonyl (C=O) groups is 2. The van der Waals surface area contributed by atoms with Gasteiger partial charge in [-0.3, -0.25) is 9.59 Å². The monoisotopic (exact) mass is 241 g/mol. The number of rotatable bonds is 6. The van der Waals surface area contributed by atoms with Gasteiger partial charge in [-0.05, 0) is 19.3 Å². The Bertz CT molecular complexity index is 278. The number of hydrogen-bond donors (Lipinski definition) is 1. The van der Waals surface area contributed by atoms with Gasteiger partial charge in [0.25, 0.3) is 0 Å². The van der Waals surface area contributed by atoms with E-state index in [1.807, 2.05) is 0 Å². The molecule has 0 aromatic rings. The van der Waals surface area contributed by atoms with Gasteiger partial charge in [0, 0.05) is 13.6 Å². The number of amides is 1. The summed E-state index contributed by atoms with van der Waals surface area (Å²) in [6, 6.07) is 0. The lowest BCUT2D eigenvalue weighted by Crippen LogP contribution is -2.37. The molecule has 1 aliphatic carbocycles. The summed E-state index contributed by atoms with van der Waals surface area (Å²) in [6.07, 6.45) is 5.48. The normalized spacial score (nSPS) is 23.6. The van der Waals surface area contributed by atoms with Crippen LogP contribution in [0, 0.1) is 11.8 Å². The third-order valence-electron chi connectivity index (χ3n) is 3.62. The van der Waals surface area contributed by atoms with Crippen LogP contribution >= 0.6 is 0 Å². The van der Waals surface area contributed by atoms with Crippen LogP contribution in [0.5, 0.6) is 0 Å². The van der Waals surface area contributed by atoms with Crippen LogP contribution in [0.2, 0.25) is 0 Å². The van der Waals surface area contributed by atoms with E-state index in [2.05, 4.69) is 6.92 Å². The minimum absolute atomic E-state index is 0.0194. The summed E-state index contributed by atoms with van der Waals surface area (Å²) in [7, 11) is 1.79. The number of carboxylic acid groups (broad SMARTS) is 1. The molecule has 1 fully saturated rings. The molecule has 4 nitrogen and oxygen atoms in total. The van der Waals surface area contributed by atoms with Gasteiger partial charge in [0.15, 0.2) is 0 Å². The van der Waals surface area contributed by atoms with Gasteiger partial charge < -0.3 is 10.0 Å². The van der Waals surface area contributed by atoms with Crippen LogP contribution in [0.15, 0.2) is 0 Å². The molecule has 0 radical (unpaired) electrons. The van der Waals surface area contributed by atoms with E-state index in [1.165, 1.54) is 0 Å². The number of unbranched alkanes of at least 4 members (excludes halogenated alkanes) is 2. The van der Waals surface area contributed by atoms with Gasteiger partial charge in [0.2, 0.25) is 5.91 Å². The first-order valence-corrected chi connectivity index (χ1v) is 6.55. The molecule has 0 aromatic carbocycles. The number of nitrogens with zero attached hydrogens (tertiary/aromatic N) is 1. The molecular formula is C13H23NO3. The topological polar surface area (TPSA) is 57.6 Å². The van der Waals surface area contributed by atoms with Gasteiger partial charge in [-0.15, -0.1) is 0 Å². The second kappa shape index (κ2) is 6.62. The molecule has 2 atom stereocenters. The average Bonchev–Trinajstić information content (AvgIpc) is 2.77. The molecule has 98 valence electrons. The van der Waals surface area contributed by atoms with Crippen LogP contribution in [-0.4, -0.2) is 35.5 Å². The predicted octanol–water partition coefficient (Wildman–Crippen LogP) is 2.14. The SMILES string of the molecule is CCCCCN(C)C(=O)[C@@H]1CCC[C@@H]1C(=O)O. The lowest BCUT2D eigenvalue weighted by molar-refractivity contribution is -0.148. The number of carbonyl (C=O) groups excluding carboxylic acids is 1. The largest absolute Gasteiger partial charge is 0.481 e. The average molecular weight is 241 g/mol. The highest BCUT2D eigenvalue weighted by molar-refractivity contribution is 5.85. The molecule has 0 heterocycles. The minimum Gasteiger partial charge on any atom is -0.481 e. The molecule has 1 aliphatic rings. The molecule has 1 amide bonds. The van der Waals surface area contributed by atoms with E-state index in [0.29, 0.717) is 6.42 Å². The highest BCUT2D eigenvalue weighted by Gasteiger charge is 2.38. The molecule has 0 aromatic heterocycles. The molecule has 0 spiro atoms. The Morgan fingerprint density at radius 3 is 2.47 bits per heavy atom. The van der Waals surface area contributed by atoms with Gasteiger partial charge in [-0.2, -0.15) is 0 Å². The molecule has 17 heavy (non-hydrogen) atoms. The Morgan fingerprint density at radius 1 is 1.24 bits per heavy atom. The van der Waals surface area contributed by atoms with Crippen molar-refractivity contribution in [2.45, 2.75) is 45.4 Å². The van der Waals surface area contributed by atoms with E-state index in [0.717, 1.165) is 38.6 Å². The highest BCUT2D eigenvalue weighted by Crippen LogP contribution is 2.33. The van der Waals surface area contributed by atoms with E-state index in [9.17, 15) is 9.59 Å². The fraction of sp³-hybridized carbons (Fsp3) is 0.846. The van der Waals surface area contributed by atoms with Gasteiger partial charge in [0.1, 0.15) is 0 Å². The van der Waals surface area contributed by atoms with E-state index >= 15 is 0 Å². The van der Waals surface area contributed by atoms with Gasteiger partial charge in [-0.25, -0.2) is 0 Å². The zero-order chi connectivity index (χ0) is 12.8. The van der Waals surface area contributed by atoms with Crippen molar-refractivity contribution in [2.24, 2.45) is 11.8 Å². The Hall–Kier alpha value is -1.06. The van der Waals surface area contributed by atoms with E-state index < -0.39 is 11.9 Å². The number of hydrogen-bond acceptors (Lipinski definition) is 2. The Balaban J connectivity index is 2.47. The highest BCUT2D eigenvalue weighted by atomic mass is 16.4. The smallest absolute Gasteiger partial charge is 0.307 e. The van der Waals surface area contributed by atoms with Crippen molar-refractivity contribution in [1.82, 2.24) is 4.90 Å². The van der Waals surface area contributed by atoms with Crippen molar-refractivity contribution in [3.05, 3.63) is 0 Å². The van der Waals surface area contributed by atoms with Crippen molar-refractivity contribution < 1.29 is 14.7 Å². The number of aliphatic carboxylic acids is 1. The summed E-state index contributed by atoms with van der Waals surface area (Å²) in [6.45, 7) is 2.87. The van der Waals surface area contributed by atoms with E-state index in [1.54, 1.807) is 11.9 Å². The van der Waals surface area contributed by atoms with Gasteiger partial charge >= 0.3 is 5.97 Å². The first-order valence-electron chi connectivity index (χ1n) is 6.55. The molecule has 0 bridgehead atoms. The van der Waals surface area contributed by atoms with Crippen LogP contribution in [0.1, 0.15) is 45.4 Å². The Kier molecular flexibility index (Phi) is 5.45. The fourth-order valence-electron chi connectivity index (χ4n) is 2.54. The van der Waals surface area contributed by atoms with Crippen molar-refractivity contribution in [3.63, 3.8) is 0 Å². The van der Waals surface area contributed by atoms with Crippen molar-refractivity contribution >= 4 is 11.9 Å². The predicted molar refractivity (Wildman–Crippen MR) is 65.6 cm³/mol. The summed E-state index contributed by atoms with van der Waals surface area (Å²) in [5.74, 6) is -1.55. The van der Waals surface area contributed by atoms with Gasteiger partial charge in [-0.1, -0.05) is 26.2 Å². The molecule has 0 saturated heterocycles. The summed E-state index contributed by atoms with van der Waals surface area (Å²) < 4.78 is 0. The lowest BCUT2D eigenvalue weighted by atomic mass is 9.95. The standard InChI is InChI=1S/C13H23NO3/c1-3-4-5-9-14(2)12(15)10-7-6-8-11(10)13(16)17/h10-11H,3-9H2,1-2H3,(H,16,17)/t10-,11+/m1/s1. The van der Waals surface area contributed by atoms with Crippen molar-refractivity contribution in [1.29, 1.82) is 0 Å². The van der Waals surface area contributed by atoms with Crippen LogP contribution in [0.3, 0.4) is 0 Å². The number of carboxylic acids is 1. The molecule has 0 unspecified atom stereocenters. The molecule has 0 aliphatic heterocycles. The summed E-state index contributed by atoms with van der Waals surface area (Å²) in [5.41, 5.74) is 0. The maximum atomic E-state index is 12.1. The zero-order valence-electron chi connectivity index (χ0n) is 10.8. The van der Waals surface area contributed by atoms with Gasteiger partial charge in [0.05, 0.1) is 11.8 Å². The maximum absolute atomic E-state index is 12.1. The Morgan fingerprint density at radius 2 is 1.88 bits per heavy atom. The van der Waals surface area contributed by atoms with Crippen LogP contribution < -0.4 is 0 Å². The third-order valence-corrected chi connectivity index (χ3v) is 3.62. The summed E-state index contributed by atoms with van der Waals surface area (Å²) >= 11 is 0. The quantitative estimate of drug-likeness (QED) is 0.725. The first-order chi connectivity index (χ1) is 8.07. The first kappa shape index (κ1) is 14.0. The minimum atomic E-state index is -0.817. The molecule has 1 N–H and O–H groups in total. The fourth-order valence-corrected chi connectivity index (χ4v) is 2.54. The maximum Gasteiger partial charge on any atom is 0.307 e. The van der Waals surface area contributed by atoms with Crippen LogP contribution in [-0.2, 0) is 9.59 Å². The van der Waals surface area contributed by atoms with E-state index in [4.69, 9.17) is 5.11 Å². The molecule has 1 rings (SSSR count). The lowest BCUT2D eigenvalue weighted by Gasteiger charge is -2.23. The zero-order valence-corrected chi connectivity index (χ0v) is 10.8. The van der Waals surface area contributed by atoms with E-state index in [-0.39, 0.29) is 11.8 Å². The Labute approximate surface area is 103 Å². The summed E-state index contributed by atoms with van der Waals surface area (Å²) in [4.78, 5) is 24.9. The van der Waals surface area contributed by atoms with Crippen LogP contribution in [0.25, 0.3) is 0 Å².